The standard InChI is InChI=1S/C24H26ClN5O3/c1-13-16(12-27-22(32)20-29-23(33-30-20)24(2,3)4)7-8-17(19(13)25)15-9-10-26-18(11-15)28-21(31)14-5-6-14/h7-11,14H,5-6,12H2,1-4H3,(H,27,32)(H,26,28,31). The highest BCUT2D eigenvalue weighted by atomic mass is 35.5. The summed E-state index contributed by atoms with van der Waals surface area (Å²) in [6, 6.07) is 7.46. The van der Waals surface area contributed by atoms with E-state index in [0.717, 1.165) is 35.1 Å². The molecule has 2 amide bonds. The average molecular weight is 468 g/mol. The number of nitrogens with zero attached hydrogens (tertiary/aromatic N) is 3. The third kappa shape index (κ3) is 5.22. The molecule has 0 spiro atoms. The molecule has 0 bridgehead atoms. The molecule has 2 heterocycles. The number of carbonyl (C=O) groups excluding carboxylic acids is 2. The second-order valence-electron chi connectivity index (χ2n) is 9.26. The van der Waals surface area contributed by atoms with E-state index >= 15 is 0 Å². The Labute approximate surface area is 197 Å². The van der Waals surface area contributed by atoms with E-state index in [9.17, 15) is 9.59 Å². The summed E-state index contributed by atoms with van der Waals surface area (Å²) in [6.45, 7) is 7.96. The molecule has 33 heavy (non-hydrogen) atoms. The first kappa shape index (κ1) is 22.9. The number of halogens is 1. The molecule has 0 saturated heterocycles. The van der Waals surface area contributed by atoms with Gasteiger partial charge in [0.1, 0.15) is 5.82 Å². The van der Waals surface area contributed by atoms with Crippen LogP contribution in [0.25, 0.3) is 11.1 Å². The number of benzene rings is 1. The number of amides is 2. The lowest BCUT2D eigenvalue weighted by atomic mass is 9.97. The highest BCUT2D eigenvalue weighted by Gasteiger charge is 2.30. The molecule has 1 aliphatic rings. The fourth-order valence-electron chi connectivity index (χ4n) is 3.25. The number of rotatable bonds is 6. The summed E-state index contributed by atoms with van der Waals surface area (Å²) in [7, 11) is 0. The van der Waals surface area contributed by atoms with Crippen molar-refractivity contribution < 1.29 is 14.1 Å². The highest BCUT2D eigenvalue weighted by Crippen LogP contribution is 2.34. The van der Waals surface area contributed by atoms with Crippen molar-refractivity contribution in [3.8, 4) is 11.1 Å². The van der Waals surface area contributed by atoms with Crippen LogP contribution in [0.15, 0.2) is 35.0 Å². The van der Waals surface area contributed by atoms with Gasteiger partial charge in [0, 0.05) is 29.6 Å². The van der Waals surface area contributed by atoms with Crippen LogP contribution >= 0.6 is 11.6 Å². The molecule has 0 radical (unpaired) electrons. The number of anilines is 1. The van der Waals surface area contributed by atoms with E-state index in [0.29, 0.717) is 16.7 Å². The van der Waals surface area contributed by atoms with Gasteiger partial charge in [-0.25, -0.2) is 4.98 Å². The van der Waals surface area contributed by atoms with E-state index in [1.807, 2.05) is 52.0 Å². The molecular weight excluding hydrogens is 442 g/mol. The zero-order chi connectivity index (χ0) is 23.8. The average Bonchev–Trinajstić information content (AvgIpc) is 3.49. The Bertz CT molecular complexity index is 1210. The molecular formula is C24H26ClN5O3. The predicted molar refractivity (Wildman–Crippen MR) is 125 cm³/mol. The first-order chi connectivity index (χ1) is 15.6. The van der Waals surface area contributed by atoms with E-state index in [-0.39, 0.29) is 29.6 Å². The van der Waals surface area contributed by atoms with E-state index in [1.165, 1.54) is 0 Å². The summed E-state index contributed by atoms with van der Waals surface area (Å²) in [5, 5.41) is 10.0. The second kappa shape index (κ2) is 8.94. The van der Waals surface area contributed by atoms with Crippen LogP contribution < -0.4 is 10.6 Å². The number of hydrogen-bond donors (Lipinski definition) is 2. The van der Waals surface area contributed by atoms with Crippen LogP contribution in [0.2, 0.25) is 5.02 Å². The minimum atomic E-state index is -0.418. The molecule has 3 aromatic rings. The van der Waals surface area contributed by atoms with Crippen LogP contribution in [-0.2, 0) is 16.8 Å². The van der Waals surface area contributed by atoms with Crippen molar-refractivity contribution in [3.63, 3.8) is 0 Å². The molecule has 1 aliphatic carbocycles. The molecule has 0 aliphatic heterocycles. The largest absolute Gasteiger partial charge is 0.345 e. The molecule has 1 aromatic carbocycles. The SMILES string of the molecule is Cc1c(CNC(=O)c2noc(C(C)(C)C)n2)ccc(-c2ccnc(NC(=O)C3CC3)c2)c1Cl. The maximum Gasteiger partial charge on any atom is 0.292 e. The van der Waals surface area contributed by atoms with Crippen molar-refractivity contribution >= 4 is 29.2 Å². The lowest BCUT2D eigenvalue weighted by molar-refractivity contribution is -0.117. The Morgan fingerprint density at radius 2 is 1.97 bits per heavy atom. The van der Waals surface area contributed by atoms with Crippen molar-refractivity contribution in [1.29, 1.82) is 0 Å². The Hall–Kier alpha value is -3.26. The van der Waals surface area contributed by atoms with Gasteiger partial charge in [0.2, 0.25) is 11.8 Å². The van der Waals surface area contributed by atoms with Gasteiger partial charge in [0.05, 0.1) is 5.02 Å². The van der Waals surface area contributed by atoms with Gasteiger partial charge < -0.3 is 15.2 Å². The number of pyridine rings is 1. The molecule has 2 N–H and O–H groups in total. The highest BCUT2D eigenvalue weighted by molar-refractivity contribution is 6.34. The normalized spacial score (nSPS) is 13.6. The smallest absolute Gasteiger partial charge is 0.292 e. The van der Waals surface area contributed by atoms with Crippen LogP contribution in [0.1, 0.15) is 61.2 Å². The maximum absolute atomic E-state index is 12.5. The molecule has 8 nitrogen and oxygen atoms in total. The van der Waals surface area contributed by atoms with Gasteiger partial charge in [-0.15, -0.1) is 0 Å². The second-order valence-corrected chi connectivity index (χ2v) is 9.64. The van der Waals surface area contributed by atoms with Gasteiger partial charge in [0.15, 0.2) is 0 Å². The van der Waals surface area contributed by atoms with Crippen molar-refractivity contribution in [2.24, 2.45) is 5.92 Å². The summed E-state index contributed by atoms with van der Waals surface area (Å²) in [5.41, 5.74) is 3.05. The summed E-state index contributed by atoms with van der Waals surface area (Å²) < 4.78 is 5.19. The first-order valence-electron chi connectivity index (χ1n) is 10.8. The molecule has 4 rings (SSSR count). The Morgan fingerprint density at radius 1 is 1.21 bits per heavy atom. The van der Waals surface area contributed by atoms with E-state index in [4.69, 9.17) is 16.1 Å². The lowest BCUT2D eigenvalue weighted by Crippen LogP contribution is -2.24. The minimum absolute atomic E-state index is 0.00199. The zero-order valence-corrected chi connectivity index (χ0v) is 19.8. The third-order valence-corrected chi connectivity index (χ3v) is 5.97. The Balaban J connectivity index is 1.47. The fraction of sp³-hybridized carbons (Fsp3) is 0.375. The van der Waals surface area contributed by atoms with Crippen molar-refractivity contribution in [1.82, 2.24) is 20.4 Å². The first-order valence-corrected chi connectivity index (χ1v) is 11.2. The van der Waals surface area contributed by atoms with Crippen molar-refractivity contribution in [2.45, 2.75) is 52.5 Å². The van der Waals surface area contributed by atoms with E-state index in [2.05, 4.69) is 25.8 Å². The number of aromatic nitrogens is 3. The Morgan fingerprint density at radius 3 is 2.64 bits per heavy atom. The third-order valence-electron chi connectivity index (χ3n) is 5.48. The molecule has 0 atom stereocenters. The van der Waals surface area contributed by atoms with Crippen molar-refractivity contribution in [2.75, 3.05) is 5.32 Å². The summed E-state index contributed by atoms with van der Waals surface area (Å²) in [4.78, 5) is 32.9. The van der Waals surface area contributed by atoms with Gasteiger partial charge in [0.25, 0.3) is 11.7 Å². The predicted octanol–water partition coefficient (Wildman–Crippen LogP) is 4.67. The number of carbonyl (C=O) groups is 2. The van der Waals surface area contributed by atoms with Gasteiger partial charge in [-0.3, -0.25) is 9.59 Å². The van der Waals surface area contributed by atoms with Crippen LogP contribution in [0.3, 0.4) is 0 Å². The summed E-state index contributed by atoms with van der Waals surface area (Å²) in [6.07, 6.45) is 3.51. The molecule has 9 heteroatoms. The molecule has 0 unspecified atom stereocenters. The van der Waals surface area contributed by atoms with Crippen LogP contribution in [0, 0.1) is 12.8 Å². The monoisotopic (exact) mass is 467 g/mol. The van der Waals surface area contributed by atoms with Gasteiger partial charge in [-0.2, -0.15) is 4.98 Å². The van der Waals surface area contributed by atoms with Crippen molar-refractivity contribution in [3.05, 3.63) is 58.3 Å². The van der Waals surface area contributed by atoms with Gasteiger partial charge in [-0.05, 0) is 48.6 Å². The van der Waals surface area contributed by atoms with Crippen LogP contribution in [0.4, 0.5) is 5.82 Å². The molecule has 1 saturated carbocycles. The molecule has 1 fully saturated rings. The number of hydrogen-bond acceptors (Lipinski definition) is 6. The number of nitrogens with one attached hydrogen (secondary N) is 2. The summed E-state index contributed by atoms with van der Waals surface area (Å²) in [5.74, 6) is 0.592. The fourth-order valence-corrected chi connectivity index (χ4v) is 3.55. The summed E-state index contributed by atoms with van der Waals surface area (Å²) >= 11 is 6.68. The lowest BCUT2D eigenvalue weighted by Gasteiger charge is -2.13. The van der Waals surface area contributed by atoms with Crippen LogP contribution in [-0.4, -0.2) is 26.9 Å². The topological polar surface area (TPSA) is 110 Å². The Kier molecular flexibility index (Phi) is 6.21. The maximum atomic E-state index is 12.5. The van der Waals surface area contributed by atoms with E-state index in [1.54, 1.807) is 6.20 Å². The molecule has 2 aromatic heterocycles. The van der Waals surface area contributed by atoms with Crippen LogP contribution in [0.5, 0.6) is 0 Å². The zero-order valence-electron chi connectivity index (χ0n) is 19.0. The minimum Gasteiger partial charge on any atom is -0.345 e. The van der Waals surface area contributed by atoms with Gasteiger partial charge >= 0.3 is 0 Å². The molecule has 172 valence electrons. The van der Waals surface area contributed by atoms with E-state index < -0.39 is 5.91 Å². The quantitative estimate of drug-likeness (QED) is 0.545. The van der Waals surface area contributed by atoms with Gasteiger partial charge in [-0.1, -0.05) is 49.7 Å².